The summed E-state index contributed by atoms with van der Waals surface area (Å²) in [5.74, 6) is 0.418. The smallest absolute Gasteiger partial charge is 0.230 e. The van der Waals surface area contributed by atoms with Crippen molar-refractivity contribution in [2.45, 2.75) is 6.42 Å². The Hall–Kier alpha value is -1.81. The van der Waals surface area contributed by atoms with Crippen LogP contribution in [0.25, 0.3) is 0 Å². The Morgan fingerprint density at radius 3 is 2.82 bits per heavy atom. The first kappa shape index (κ1) is 11.7. The summed E-state index contributed by atoms with van der Waals surface area (Å²) in [5, 5.41) is 7.38. The van der Waals surface area contributed by atoms with Crippen LogP contribution in [0.5, 0.6) is 0 Å². The van der Waals surface area contributed by atoms with Gasteiger partial charge in [0, 0.05) is 24.3 Å². The average Bonchev–Trinajstić information content (AvgIpc) is 2.67. The fraction of sp³-hybridized carbons (Fsp3) is 0.167. The maximum atomic E-state index is 11.7. The van der Waals surface area contributed by atoms with Crippen LogP contribution in [0.4, 0.5) is 5.82 Å². The zero-order valence-electron chi connectivity index (χ0n) is 9.35. The van der Waals surface area contributed by atoms with E-state index in [9.17, 15) is 4.79 Å². The van der Waals surface area contributed by atoms with E-state index in [2.05, 4.69) is 10.4 Å². The fourth-order valence-electron chi connectivity index (χ4n) is 1.48. The van der Waals surface area contributed by atoms with Crippen LogP contribution in [0.2, 0.25) is 5.02 Å². The van der Waals surface area contributed by atoms with Crippen LogP contribution in [0.3, 0.4) is 0 Å². The Balaban J connectivity index is 2.01. The summed E-state index contributed by atoms with van der Waals surface area (Å²) in [6.45, 7) is 0. The molecule has 0 atom stereocenters. The van der Waals surface area contributed by atoms with Crippen molar-refractivity contribution >= 4 is 23.3 Å². The maximum absolute atomic E-state index is 11.7. The molecule has 0 radical (unpaired) electrons. The van der Waals surface area contributed by atoms with E-state index in [0.29, 0.717) is 10.8 Å². The summed E-state index contributed by atoms with van der Waals surface area (Å²) in [4.78, 5) is 11.7. The second kappa shape index (κ2) is 5.01. The van der Waals surface area contributed by atoms with Crippen molar-refractivity contribution in [3.8, 4) is 0 Å². The highest BCUT2D eigenvalue weighted by atomic mass is 35.5. The van der Waals surface area contributed by atoms with Crippen molar-refractivity contribution in [1.82, 2.24) is 9.78 Å². The molecule has 0 aliphatic rings. The number of benzene rings is 1. The average molecular weight is 250 g/mol. The summed E-state index contributed by atoms with van der Waals surface area (Å²) in [7, 11) is 1.80. The van der Waals surface area contributed by atoms with Crippen LogP contribution in [0.15, 0.2) is 36.5 Å². The number of carbonyl (C=O) groups is 1. The van der Waals surface area contributed by atoms with Gasteiger partial charge in [0.25, 0.3) is 0 Å². The van der Waals surface area contributed by atoms with E-state index >= 15 is 0 Å². The highest BCUT2D eigenvalue weighted by Crippen LogP contribution is 2.15. The van der Waals surface area contributed by atoms with Crippen molar-refractivity contribution in [3.63, 3.8) is 0 Å². The minimum Gasteiger partial charge on any atom is -0.309 e. The van der Waals surface area contributed by atoms with Gasteiger partial charge < -0.3 is 5.32 Å². The molecule has 1 amide bonds. The molecule has 1 aromatic heterocycles. The second-order valence-corrected chi connectivity index (χ2v) is 4.10. The van der Waals surface area contributed by atoms with Crippen molar-refractivity contribution in [1.29, 1.82) is 0 Å². The van der Waals surface area contributed by atoms with Gasteiger partial charge in [-0.1, -0.05) is 29.8 Å². The van der Waals surface area contributed by atoms with E-state index in [1.54, 1.807) is 30.1 Å². The molecule has 1 N–H and O–H groups in total. The van der Waals surface area contributed by atoms with Crippen LogP contribution in [0.1, 0.15) is 5.56 Å². The molecule has 88 valence electrons. The number of rotatable bonds is 3. The molecule has 0 bridgehead atoms. The number of nitrogens with zero attached hydrogens (tertiary/aromatic N) is 2. The summed E-state index contributed by atoms with van der Waals surface area (Å²) in [5.41, 5.74) is 0.808. The third kappa shape index (κ3) is 3.07. The highest BCUT2D eigenvalue weighted by molar-refractivity contribution is 6.31. The number of hydrogen-bond donors (Lipinski definition) is 1. The Morgan fingerprint density at radius 2 is 2.18 bits per heavy atom. The SMILES string of the molecule is Cn1ccc(NC(=O)Cc2ccccc2Cl)n1. The van der Waals surface area contributed by atoms with Crippen molar-refractivity contribution in [2.24, 2.45) is 7.05 Å². The summed E-state index contributed by atoms with van der Waals surface area (Å²) < 4.78 is 1.63. The van der Waals surface area contributed by atoms with Gasteiger partial charge in [-0.15, -0.1) is 0 Å². The number of carbonyl (C=O) groups excluding carboxylic acids is 1. The molecule has 2 rings (SSSR count). The van der Waals surface area contributed by atoms with E-state index < -0.39 is 0 Å². The molecule has 5 heteroatoms. The van der Waals surface area contributed by atoms with Gasteiger partial charge in [0.1, 0.15) is 0 Å². The second-order valence-electron chi connectivity index (χ2n) is 3.69. The largest absolute Gasteiger partial charge is 0.309 e. The van der Waals surface area contributed by atoms with Gasteiger partial charge in [0.2, 0.25) is 5.91 Å². The molecule has 1 aromatic carbocycles. The Kier molecular flexibility index (Phi) is 3.44. The predicted octanol–water partition coefficient (Wildman–Crippen LogP) is 2.25. The lowest BCUT2D eigenvalue weighted by Crippen LogP contribution is -2.15. The number of anilines is 1. The van der Waals surface area contributed by atoms with Crippen molar-refractivity contribution in [2.75, 3.05) is 5.32 Å². The van der Waals surface area contributed by atoms with Crippen molar-refractivity contribution < 1.29 is 4.79 Å². The molecule has 2 aromatic rings. The minimum absolute atomic E-state index is 0.128. The summed E-state index contributed by atoms with van der Waals surface area (Å²) in [6.07, 6.45) is 2.02. The first-order valence-corrected chi connectivity index (χ1v) is 5.56. The molecule has 0 fully saturated rings. The molecule has 0 unspecified atom stereocenters. The Bertz CT molecular complexity index is 536. The summed E-state index contributed by atoms with van der Waals surface area (Å²) in [6, 6.07) is 9.04. The predicted molar refractivity (Wildman–Crippen MR) is 67.0 cm³/mol. The van der Waals surface area contributed by atoms with Gasteiger partial charge in [0.15, 0.2) is 5.82 Å². The lowest BCUT2D eigenvalue weighted by molar-refractivity contribution is -0.115. The Labute approximate surface area is 104 Å². The topological polar surface area (TPSA) is 46.9 Å². The third-order valence-electron chi connectivity index (χ3n) is 2.29. The Morgan fingerprint density at radius 1 is 1.41 bits per heavy atom. The number of nitrogens with one attached hydrogen (secondary N) is 1. The van der Waals surface area contributed by atoms with Crippen LogP contribution >= 0.6 is 11.6 Å². The number of hydrogen-bond acceptors (Lipinski definition) is 2. The quantitative estimate of drug-likeness (QED) is 0.907. The van der Waals surface area contributed by atoms with E-state index in [0.717, 1.165) is 5.56 Å². The number of aromatic nitrogens is 2. The number of aryl methyl sites for hydroxylation is 1. The monoisotopic (exact) mass is 249 g/mol. The molecule has 0 aliphatic carbocycles. The number of amides is 1. The van der Waals surface area contributed by atoms with Crippen LogP contribution in [0, 0.1) is 0 Å². The minimum atomic E-state index is -0.128. The third-order valence-corrected chi connectivity index (χ3v) is 2.66. The zero-order valence-corrected chi connectivity index (χ0v) is 10.1. The van der Waals surface area contributed by atoms with Gasteiger partial charge in [-0.3, -0.25) is 9.48 Å². The molecular formula is C12H12ClN3O. The van der Waals surface area contributed by atoms with E-state index in [1.165, 1.54) is 0 Å². The van der Waals surface area contributed by atoms with Gasteiger partial charge in [-0.25, -0.2) is 0 Å². The normalized spacial score (nSPS) is 10.2. The molecular weight excluding hydrogens is 238 g/mol. The molecule has 4 nitrogen and oxygen atoms in total. The first-order chi connectivity index (χ1) is 8.15. The van der Waals surface area contributed by atoms with E-state index in [-0.39, 0.29) is 12.3 Å². The molecule has 0 saturated heterocycles. The highest BCUT2D eigenvalue weighted by Gasteiger charge is 2.07. The van der Waals surface area contributed by atoms with Gasteiger partial charge in [-0.2, -0.15) is 5.10 Å². The van der Waals surface area contributed by atoms with E-state index in [1.807, 2.05) is 18.2 Å². The molecule has 0 aliphatic heterocycles. The van der Waals surface area contributed by atoms with Crippen molar-refractivity contribution in [3.05, 3.63) is 47.1 Å². The van der Waals surface area contributed by atoms with Gasteiger partial charge in [0.05, 0.1) is 6.42 Å². The number of halogens is 1. The molecule has 0 spiro atoms. The first-order valence-electron chi connectivity index (χ1n) is 5.18. The van der Waals surface area contributed by atoms with Crippen LogP contribution in [-0.2, 0) is 18.3 Å². The lowest BCUT2D eigenvalue weighted by Gasteiger charge is -2.03. The fourth-order valence-corrected chi connectivity index (χ4v) is 1.69. The summed E-state index contributed by atoms with van der Waals surface area (Å²) >= 11 is 5.98. The van der Waals surface area contributed by atoms with Gasteiger partial charge >= 0.3 is 0 Å². The van der Waals surface area contributed by atoms with Crippen LogP contribution < -0.4 is 5.32 Å². The molecule has 0 saturated carbocycles. The molecule has 17 heavy (non-hydrogen) atoms. The molecule has 1 heterocycles. The zero-order chi connectivity index (χ0) is 12.3. The maximum Gasteiger partial charge on any atom is 0.230 e. The standard InChI is InChI=1S/C12H12ClN3O/c1-16-7-6-11(15-16)14-12(17)8-9-4-2-3-5-10(9)13/h2-7H,8H2,1H3,(H,14,15,17). The van der Waals surface area contributed by atoms with E-state index in [4.69, 9.17) is 11.6 Å². The van der Waals surface area contributed by atoms with Crippen LogP contribution in [-0.4, -0.2) is 15.7 Å². The van der Waals surface area contributed by atoms with Gasteiger partial charge in [-0.05, 0) is 11.6 Å². The lowest BCUT2D eigenvalue weighted by atomic mass is 10.1.